The van der Waals surface area contributed by atoms with Crippen LogP contribution in [0, 0.1) is 0 Å². The van der Waals surface area contributed by atoms with Crippen molar-refractivity contribution in [3.8, 4) is 0 Å². The fraction of sp³-hybridized carbons (Fsp3) is 0.375. The molecule has 3 rings (SSSR count). The number of imidazole rings is 1. The van der Waals surface area contributed by atoms with Crippen LogP contribution in [-0.2, 0) is 12.8 Å². The number of hydrogen-bond donors (Lipinski definition) is 1. The molecule has 0 saturated carbocycles. The highest BCUT2D eigenvalue weighted by atomic mass is 32.1. The maximum Gasteiger partial charge on any atom is 0.193 e. The molecule has 0 amide bonds. The predicted octanol–water partition coefficient (Wildman–Crippen LogP) is 3.25. The van der Waals surface area contributed by atoms with Crippen molar-refractivity contribution in [1.29, 1.82) is 0 Å². The Morgan fingerprint density at radius 1 is 1.38 bits per heavy atom. The van der Waals surface area contributed by atoms with Gasteiger partial charge in [0.05, 0.1) is 17.4 Å². The van der Waals surface area contributed by atoms with Crippen LogP contribution in [0.1, 0.15) is 36.8 Å². The zero-order chi connectivity index (χ0) is 14.7. The van der Waals surface area contributed by atoms with E-state index >= 15 is 0 Å². The molecule has 0 aliphatic heterocycles. The molecule has 3 aromatic heterocycles. The molecule has 0 saturated heterocycles. The molecule has 1 atom stereocenters. The number of pyridine rings is 1. The normalized spacial score (nSPS) is 12.9. The summed E-state index contributed by atoms with van der Waals surface area (Å²) in [6, 6.07) is 4.40. The number of likely N-dealkylation sites (N-methyl/N-ethyl adjacent to an activating group) is 1. The number of nitrogens with zero attached hydrogens (tertiary/aromatic N) is 3. The van der Waals surface area contributed by atoms with Crippen molar-refractivity contribution in [3.63, 3.8) is 0 Å². The fourth-order valence-corrected chi connectivity index (χ4v) is 3.38. The lowest BCUT2D eigenvalue weighted by Gasteiger charge is -2.19. The Labute approximate surface area is 128 Å². The largest absolute Gasteiger partial charge is 0.309 e. The summed E-state index contributed by atoms with van der Waals surface area (Å²) < 4.78 is 2.09. The van der Waals surface area contributed by atoms with Crippen LogP contribution < -0.4 is 5.32 Å². The SMILES string of the molecule is CCNC(Cc1cn2ccsc2n1)c1ncccc1CC. The van der Waals surface area contributed by atoms with Gasteiger partial charge in [0.2, 0.25) is 0 Å². The highest BCUT2D eigenvalue weighted by molar-refractivity contribution is 7.15. The first-order chi connectivity index (χ1) is 10.3. The number of rotatable bonds is 6. The highest BCUT2D eigenvalue weighted by Crippen LogP contribution is 2.21. The predicted molar refractivity (Wildman–Crippen MR) is 86.8 cm³/mol. The molecule has 0 bridgehead atoms. The van der Waals surface area contributed by atoms with E-state index in [0.717, 1.165) is 35.7 Å². The van der Waals surface area contributed by atoms with Crippen molar-refractivity contribution < 1.29 is 0 Å². The van der Waals surface area contributed by atoms with Crippen molar-refractivity contribution in [3.05, 3.63) is 53.1 Å². The average molecular weight is 300 g/mol. The van der Waals surface area contributed by atoms with Crippen LogP contribution in [0.15, 0.2) is 36.1 Å². The molecule has 3 heterocycles. The summed E-state index contributed by atoms with van der Waals surface area (Å²) in [6.45, 7) is 5.23. The number of aryl methyl sites for hydroxylation is 1. The van der Waals surface area contributed by atoms with Crippen LogP contribution >= 0.6 is 11.3 Å². The summed E-state index contributed by atoms with van der Waals surface area (Å²) in [5.74, 6) is 0. The van der Waals surface area contributed by atoms with Crippen molar-refractivity contribution in [2.75, 3.05) is 6.54 Å². The second-order valence-corrected chi connectivity index (χ2v) is 5.91. The Kier molecular flexibility index (Phi) is 4.31. The van der Waals surface area contributed by atoms with Crippen LogP contribution in [0.4, 0.5) is 0 Å². The van der Waals surface area contributed by atoms with Gasteiger partial charge in [-0.05, 0) is 24.6 Å². The molecule has 4 nitrogen and oxygen atoms in total. The van der Waals surface area contributed by atoms with Gasteiger partial charge in [-0.2, -0.15) is 0 Å². The second-order valence-electron chi connectivity index (χ2n) is 5.04. The van der Waals surface area contributed by atoms with Gasteiger partial charge in [0, 0.05) is 30.4 Å². The first kappa shape index (κ1) is 14.2. The quantitative estimate of drug-likeness (QED) is 0.760. The number of nitrogens with one attached hydrogen (secondary N) is 1. The Hall–Kier alpha value is -1.72. The minimum atomic E-state index is 0.218. The number of thiazole rings is 1. The van der Waals surface area contributed by atoms with Crippen LogP contribution in [-0.4, -0.2) is 20.9 Å². The van der Waals surface area contributed by atoms with E-state index in [1.54, 1.807) is 11.3 Å². The zero-order valence-corrected chi connectivity index (χ0v) is 13.2. The van der Waals surface area contributed by atoms with Crippen molar-refractivity contribution >= 4 is 16.3 Å². The Morgan fingerprint density at radius 3 is 3.05 bits per heavy atom. The Bertz CT molecular complexity index is 687. The lowest BCUT2D eigenvalue weighted by Crippen LogP contribution is -2.25. The third kappa shape index (κ3) is 2.99. The maximum absolute atomic E-state index is 4.69. The summed E-state index contributed by atoms with van der Waals surface area (Å²) in [5, 5.41) is 5.61. The van der Waals surface area contributed by atoms with E-state index in [-0.39, 0.29) is 6.04 Å². The molecule has 0 aliphatic rings. The average Bonchev–Trinajstić information content (AvgIpc) is 3.08. The summed E-state index contributed by atoms with van der Waals surface area (Å²) in [6.07, 6.45) is 7.92. The highest BCUT2D eigenvalue weighted by Gasteiger charge is 2.17. The molecule has 0 fully saturated rings. The first-order valence-corrected chi connectivity index (χ1v) is 8.28. The Morgan fingerprint density at radius 2 is 2.29 bits per heavy atom. The molecule has 0 aliphatic carbocycles. The topological polar surface area (TPSA) is 42.2 Å². The number of fused-ring (bicyclic) bond motifs is 1. The zero-order valence-electron chi connectivity index (χ0n) is 12.4. The van der Waals surface area contributed by atoms with Crippen LogP contribution in [0.25, 0.3) is 4.96 Å². The van der Waals surface area contributed by atoms with E-state index in [2.05, 4.69) is 57.4 Å². The van der Waals surface area contributed by atoms with Gasteiger partial charge >= 0.3 is 0 Å². The molecule has 3 aromatic rings. The van der Waals surface area contributed by atoms with Crippen LogP contribution in [0.3, 0.4) is 0 Å². The van der Waals surface area contributed by atoms with Gasteiger partial charge in [-0.15, -0.1) is 11.3 Å². The summed E-state index contributed by atoms with van der Waals surface area (Å²) in [7, 11) is 0. The number of aromatic nitrogens is 3. The monoisotopic (exact) mass is 300 g/mol. The molecule has 21 heavy (non-hydrogen) atoms. The second kappa shape index (κ2) is 6.37. The maximum atomic E-state index is 4.69. The van der Waals surface area contributed by atoms with Crippen LogP contribution in [0.5, 0.6) is 0 Å². The first-order valence-electron chi connectivity index (χ1n) is 7.40. The van der Waals surface area contributed by atoms with Gasteiger partial charge in [0.25, 0.3) is 0 Å². The van der Waals surface area contributed by atoms with Gasteiger partial charge in [0.1, 0.15) is 0 Å². The fourth-order valence-electron chi connectivity index (χ4n) is 2.66. The van der Waals surface area contributed by atoms with Crippen molar-refractivity contribution in [1.82, 2.24) is 19.7 Å². The standard InChI is InChI=1S/C16H20N4S/c1-3-12-6-5-7-18-15(12)14(17-4-2)10-13-11-20-8-9-21-16(20)19-13/h5-9,11,14,17H,3-4,10H2,1-2H3. The van der Waals surface area contributed by atoms with E-state index in [0.29, 0.717) is 0 Å². The lowest BCUT2D eigenvalue weighted by molar-refractivity contribution is 0.528. The van der Waals surface area contributed by atoms with E-state index < -0.39 is 0 Å². The van der Waals surface area contributed by atoms with Gasteiger partial charge in [-0.1, -0.05) is 19.9 Å². The van der Waals surface area contributed by atoms with E-state index in [1.807, 2.05) is 12.3 Å². The third-order valence-electron chi connectivity index (χ3n) is 3.64. The van der Waals surface area contributed by atoms with Crippen LogP contribution in [0.2, 0.25) is 0 Å². The molecule has 1 N–H and O–H groups in total. The van der Waals surface area contributed by atoms with Crippen molar-refractivity contribution in [2.24, 2.45) is 0 Å². The Balaban J connectivity index is 1.88. The lowest BCUT2D eigenvalue weighted by atomic mass is 10.0. The van der Waals surface area contributed by atoms with Gasteiger partial charge < -0.3 is 5.32 Å². The minimum Gasteiger partial charge on any atom is -0.309 e. The minimum absolute atomic E-state index is 0.218. The molecule has 0 aromatic carbocycles. The molecule has 0 radical (unpaired) electrons. The molecule has 110 valence electrons. The molecule has 1 unspecified atom stereocenters. The third-order valence-corrected chi connectivity index (χ3v) is 4.41. The van der Waals surface area contributed by atoms with Gasteiger partial charge in [-0.25, -0.2) is 4.98 Å². The smallest absolute Gasteiger partial charge is 0.193 e. The van der Waals surface area contributed by atoms with E-state index in [4.69, 9.17) is 0 Å². The van der Waals surface area contributed by atoms with Crippen molar-refractivity contribution in [2.45, 2.75) is 32.7 Å². The van der Waals surface area contributed by atoms with E-state index in [1.165, 1.54) is 5.56 Å². The molecular weight excluding hydrogens is 280 g/mol. The summed E-state index contributed by atoms with van der Waals surface area (Å²) in [5.41, 5.74) is 3.57. The van der Waals surface area contributed by atoms with E-state index in [9.17, 15) is 0 Å². The summed E-state index contributed by atoms with van der Waals surface area (Å²) >= 11 is 1.67. The molecular formula is C16H20N4S. The van der Waals surface area contributed by atoms with Gasteiger partial charge in [0.15, 0.2) is 4.96 Å². The number of hydrogen-bond acceptors (Lipinski definition) is 4. The van der Waals surface area contributed by atoms with Gasteiger partial charge in [-0.3, -0.25) is 9.38 Å². The summed E-state index contributed by atoms with van der Waals surface area (Å²) in [4.78, 5) is 10.4. The molecule has 0 spiro atoms. The molecule has 5 heteroatoms.